The van der Waals surface area contributed by atoms with Crippen molar-refractivity contribution >= 4 is 17.4 Å². The standard InChI is InChI=1S/C17H41NO5Si2/c1-7-19-24(6,20-8-2)16-12-14-18-15-13-17-25(21-9-3,22-10-4)23-11-5/h18H,7-17H2,1-6H3. The Morgan fingerprint density at radius 1 is 0.600 bits per heavy atom. The molecule has 1 N–H and O–H groups in total. The van der Waals surface area contributed by atoms with Crippen molar-refractivity contribution in [2.75, 3.05) is 46.1 Å². The fraction of sp³-hybridized carbons (Fsp3) is 1.00. The van der Waals surface area contributed by atoms with E-state index in [1.807, 2.05) is 34.6 Å². The van der Waals surface area contributed by atoms with E-state index in [2.05, 4.69) is 11.9 Å². The zero-order chi connectivity index (χ0) is 19.0. The molecule has 0 heterocycles. The normalized spacial score (nSPS) is 12.7. The highest BCUT2D eigenvalue weighted by Crippen LogP contribution is 2.18. The molecule has 0 radical (unpaired) electrons. The van der Waals surface area contributed by atoms with E-state index in [0.29, 0.717) is 19.8 Å². The van der Waals surface area contributed by atoms with E-state index in [1.54, 1.807) is 0 Å². The van der Waals surface area contributed by atoms with E-state index >= 15 is 0 Å². The van der Waals surface area contributed by atoms with Crippen molar-refractivity contribution in [3.63, 3.8) is 0 Å². The van der Waals surface area contributed by atoms with Gasteiger partial charge in [-0.3, -0.25) is 0 Å². The smallest absolute Gasteiger partial charge is 0.395 e. The van der Waals surface area contributed by atoms with Gasteiger partial charge in [-0.25, -0.2) is 0 Å². The summed E-state index contributed by atoms with van der Waals surface area (Å²) in [7, 11) is -4.46. The van der Waals surface area contributed by atoms with Crippen molar-refractivity contribution in [1.29, 1.82) is 0 Å². The molecule has 0 aliphatic carbocycles. The van der Waals surface area contributed by atoms with Gasteiger partial charge >= 0.3 is 17.4 Å². The highest BCUT2D eigenvalue weighted by molar-refractivity contribution is 6.66. The van der Waals surface area contributed by atoms with Crippen LogP contribution in [0.3, 0.4) is 0 Å². The molecule has 0 saturated heterocycles. The minimum absolute atomic E-state index is 0.637. The summed E-state index contributed by atoms with van der Waals surface area (Å²) in [5, 5.41) is 3.51. The zero-order valence-corrected chi connectivity index (χ0v) is 19.3. The van der Waals surface area contributed by atoms with Crippen LogP contribution in [0, 0.1) is 0 Å². The van der Waals surface area contributed by atoms with Gasteiger partial charge in [0.2, 0.25) is 0 Å². The maximum Gasteiger partial charge on any atom is 0.500 e. The maximum absolute atomic E-state index is 5.88. The van der Waals surface area contributed by atoms with Gasteiger partial charge in [-0.15, -0.1) is 0 Å². The van der Waals surface area contributed by atoms with Crippen LogP contribution in [0.15, 0.2) is 0 Å². The Hall–Kier alpha value is 0.194. The molecule has 0 aromatic rings. The Morgan fingerprint density at radius 2 is 1.00 bits per heavy atom. The summed E-state index contributed by atoms with van der Waals surface area (Å²) in [6.45, 7) is 17.5. The van der Waals surface area contributed by atoms with Gasteiger partial charge in [0, 0.05) is 39.1 Å². The van der Waals surface area contributed by atoms with E-state index in [4.69, 9.17) is 22.1 Å². The van der Waals surface area contributed by atoms with Crippen LogP contribution in [0.25, 0.3) is 0 Å². The summed E-state index contributed by atoms with van der Waals surface area (Å²) < 4.78 is 29.4. The van der Waals surface area contributed by atoms with Gasteiger partial charge in [0.15, 0.2) is 0 Å². The van der Waals surface area contributed by atoms with Crippen molar-refractivity contribution in [3.8, 4) is 0 Å². The van der Waals surface area contributed by atoms with Gasteiger partial charge in [0.25, 0.3) is 0 Å². The first-order valence-corrected chi connectivity index (χ1v) is 14.4. The third kappa shape index (κ3) is 11.5. The molecule has 152 valence electrons. The molecule has 25 heavy (non-hydrogen) atoms. The lowest BCUT2D eigenvalue weighted by Gasteiger charge is -2.28. The summed E-state index contributed by atoms with van der Waals surface area (Å²) in [5.41, 5.74) is 0. The number of hydrogen-bond donors (Lipinski definition) is 1. The van der Waals surface area contributed by atoms with Crippen LogP contribution in [0.1, 0.15) is 47.5 Å². The SMILES string of the molecule is CCO[Si](C)(CCCNCCC[Si](OCC)(OCC)OCC)OCC. The van der Waals surface area contributed by atoms with E-state index in [-0.39, 0.29) is 0 Å². The Balaban J connectivity index is 4.05. The molecule has 0 aromatic carbocycles. The summed E-state index contributed by atoms with van der Waals surface area (Å²) >= 11 is 0. The van der Waals surface area contributed by atoms with Crippen LogP contribution >= 0.6 is 0 Å². The van der Waals surface area contributed by atoms with Crippen molar-refractivity contribution in [1.82, 2.24) is 5.32 Å². The molecule has 0 atom stereocenters. The molecule has 8 heteroatoms. The molecule has 0 fully saturated rings. The van der Waals surface area contributed by atoms with Gasteiger partial charge in [0.1, 0.15) is 0 Å². The van der Waals surface area contributed by atoms with Gasteiger partial charge in [0.05, 0.1) is 0 Å². The van der Waals surface area contributed by atoms with Gasteiger partial charge in [-0.1, -0.05) is 0 Å². The summed E-state index contributed by atoms with van der Waals surface area (Å²) in [6, 6.07) is 1.89. The van der Waals surface area contributed by atoms with Crippen LogP contribution < -0.4 is 5.32 Å². The van der Waals surface area contributed by atoms with Gasteiger partial charge in [-0.05, 0) is 73.1 Å². The molecule has 0 rings (SSSR count). The quantitative estimate of drug-likeness (QED) is 0.283. The maximum atomic E-state index is 5.88. The van der Waals surface area contributed by atoms with Crippen molar-refractivity contribution < 1.29 is 22.1 Å². The highest BCUT2D eigenvalue weighted by atomic mass is 28.4. The monoisotopic (exact) mass is 395 g/mol. The summed E-state index contributed by atoms with van der Waals surface area (Å²) in [4.78, 5) is 0. The second kappa shape index (κ2) is 15.3. The lowest BCUT2D eigenvalue weighted by Crippen LogP contribution is -2.46. The van der Waals surface area contributed by atoms with Gasteiger partial charge in [-0.2, -0.15) is 0 Å². The molecular weight excluding hydrogens is 354 g/mol. The fourth-order valence-electron chi connectivity index (χ4n) is 2.89. The molecular formula is C17H41NO5Si2. The topological polar surface area (TPSA) is 58.2 Å². The average Bonchev–Trinajstić information content (AvgIpc) is 2.55. The lowest BCUT2D eigenvalue weighted by atomic mass is 10.4. The number of nitrogens with one attached hydrogen (secondary N) is 1. The molecule has 0 bridgehead atoms. The Bertz CT molecular complexity index is 288. The predicted octanol–water partition coefficient (Wildman–Crippen LogP) is 3.55. The Labute approximate surface area is 157 Å². The third-order valence-electron chi connectivity index (χ3n) is 3.81. The molecule has 0 saturated carbocycles. The second-order valence-electron chi connectivity index (χ2n) is 5.94. The minimum atomic E-state index is -2.49. The molecule has 0 aromatic heterocycles. The predicted molar refractivity (Wildman–Crippen MR) is 107 cm³/mol. The Kier molecular flexibility index (Phi) is 15.4. The highest BCUT2D eigenvalue weighted by Gasteiger charge is 2.39. The van der Waals surface area contributed by atoms with E-state index < -0.39 is 17.4 Å². The molecule has 0 aliphatic heterocycles. The number of rotatable bonds is 18. The average molecular weight is 396 g/mol. The molecule has 6 nitrogen and oxygen atoms in total. The van der Waals surface area contributed by atoms with Crippen LogP contribution in [-0.2, 0) is 22.1 Å². The van der Waals surface area contributed by atoms with E-state index in [9.17, 15) is 0 Å². The summed E-state index contributed by atoms with van der Waals surface area (Å²) in [6.07, 6.45) is 2.07. The lowest BCUT2D eigenvalue weighted by molar-refractivity contribution is 0.0708. The van der Waals surface area contributed by atoms with E-state index in [0.717, 1.165) is 51.2 Å². The zero-order valence-electron chi connectivity index (χ0n) is 17.3. The first-order chi connectivity index (χ1) is 12.0. The van der Waals surface area contributed by atoms with Crippen LogP contribution in [0.2, 0.25) is 18.6 Å². The molecule has 0 spiro atoms. The van der Waals surface area contributed by atoms with Crippen molar-refractivity contribution in [2.45, 2.75) is 66.1 Å². The minimum Gasteiger partial charge on any atom is -0.395 e. The third-order valence-corrected chi connectivity index (χ3v) is 10.0. The summed E-state index contributed by atoms with van der Waals surface area (Å²) in [5.74, 6) is 0. The fourth-order valence-corrected chi connectivity index (χ4v) is 7.91. The molecule has 0 amide bonds. The van der Waals surface area contributed by atoms with Crippen molar-refractivity contribution in [3.05, 3.63) is 0 Å². The first-order valence-electron chi connectivity index (χ1n) is 9.91. The van der Waals surface area contributed by atoms with E-state index in [1.165, 1.54) is 0 Å². The van der Waals surface area contributed by atoms with Crippen LogP contribution in [0.4, 0.5) is 0 Å². The largest absolute Gasteiger partial charge is 0.500 e. The molecule has 0 aliphatic rings. The van der Waals surface area contributed by atoms with Gasteiger partial charge < -0.3 is 27.4 Å². The Morgan fingerprint density at radius 3 is 1.40 bits per heavy atom. The van der Waals surface area contributed by atoms with Crippen molar-refractivity contribution in [2.24, 2.45) is 0 Å². The van der Waals surface area contributed by atoms with Crippen LogP contribution in [0.5, 0.6) is 0 Å². The second-order valence-corrected chi connectivity index (χ2v) is 12.0. The first kappa shape index (κ1) is 25.2. The number of hydrogen-bond acceptors (Lipinski definition) is 6. The van der Waals surface area contributed by atoms with Crippen LogP contribution in [-0.4, -0.2) is 63.5 Å². The molecule has 0 unspecified atom stereocenters.